The van der Waals surface area contributed by atoms with Gasteiger partial charge >= 0.3 is 0 Å². The number of hydrogen-bond acceptors (Lipinski definition) is 2. The van der Waals surface area contributed by atoms with Crippen molar-refractivity contribution < 1.29 is 4.79 Å². The normalized spacial score (nSPS) is 10.8. The lowest BCUT2D eigenvalue weighted by Gasteiger charge is -2.19. The minimum Gasteiger partial charge on any atom is -0.340 e. The van der Waals surface area contributed by atoms with Crippen LogP contribution < -0.4 is 5.56 Å². The number of aromatic amines is 1. The summed E-state index contributed by atoms with van der Waals surface area (Å²) < 4.78 is 0. The van der Waals surface area contributed by atoms with E-state index < -0.39 is 0 Å². The number of H-pyrrole nitrogens is 1. The average Bonchev–Trinajstić information content (AvgIpc) is 2.63. The largest absolute Gasteiger partial charge is 0.340 e. The first kappa shape index (κ1) is 17.2. The van der Waals surface area contributed by atoms with Gasteiger partial charge in [0.15, 0.2) is 0 Å². The highest BCUT2D eigenvalue weighted by Gasteiger charge is 2.17. The molecule has 0 bridgehead atoms. The summed E-state index contributed by atoms with van der Waals surface area (Å²) >= 11 is 5.89. The Kier molecular flexibility index (Phi) is 4.91. The van der Waals surface area contributed by atoms with E-state index in [1.54, 1.807) is 18.0 Å². The Balaban J connectivity index is 1.82. The number of nitrogens with one attached hydrogen (secondary N) is 1. The van der Waals surface area contributed by atoms with E-state index in [0.717, 1.165) is 22.9 Å². The average molecular weight is 355 g/mol. The van der Waals surface area contributed by atoms with Crippen LogP contribution in [0.4, 0.5) is 0 Å². The lowest BCUT2D eigenvalue weighted by molar-refractivity contribution is 0.0790. The Hall–Kier alpha value is -2.59. The van der Waals surface area contributed by atoms with E-state index in [9.17, 15) is 9.59 Å². The smallest absolute Gasteiger partial charge is 0.270 e. The highest BCUT2D eigenvalue weighted by molar-refractivity contribution is 6.30. The third-order valence-corrected chi connectivity index (χ3v) is 4.65. The van der Waals surface area contributed by atoms with Crippen LogP contribution in [0.5, 0.6) is 0 Å². The highest BCUT2D eigenvalue weighted by atomic mass is 35.5. The molecule has 2 aromatic carbocycles. The molecule has 0 atom stereocenters. The maximum Gasteiger partial charge on any atom is 0.270 e. The van der Waals surface area contributed by atoms with Crippen LogP contribution in [0.15, 0.2) is 53.3 Å². The summed E-state index contributed by atoms with van der Waals surface area (Å²) in [6.45, 7) is 2.41. The van der Waals surface area contributed by atoms with Crippen LogP contribution in [0, 0.1) is 6.92 Å². The van der Waals surface area contributed by atoms with Crippen molar-refractivity contribution >= 4 is 28.3 Å². The molecule has 5 heteroatoms. The maximum atomic E-state index is 12.8. The van der Waals surface area contributed by atoms with Crippen molar-refractivity contribution in [3.05, 3.63) is 80.7 Å². The monoisotopic (exact) mass is 354 g/mol. The molecule has 0 spiro atoms. The summed E-state index contributed by atoms with van der Waals surface area (Å²) in [6.07, 6.45) is 0.719. The Labute approximate surface area is 151 Å². The van der Waals surface area contributed by atoms with E-state index in [2.05, 4.69) is 4.98 Å². The molecule has 0 aliphatic heterocycles. The van der Waals surface area contributed by atoms with Gasteiger partial charge in [0.1, 0.15) is 5.69 Å². The maximum absolute atomic E-state index is 12.8. The number of rotatable bonds is 4. The fourth-order valence-corrected chi connectivity index (χ4v) is 3.00. The first-order valence-corrected chi connectivity index (χ1v) is 8.46. The SMILES string of the molecule is Cc1c(C(=O)N(C)CCc2ccc(Cl)cc2)[nH]c(=O)c2ccccc12. The molecular formula is C20H19ClN2O2. The van der Waals surface area contributed by atoms with Crippen LogP contribution in [0.3, 0.4) is 0 Å². The Bertz CT molecular complexity index is 977. The standard InChI is InChI=1S/C20H19ClN2O2/c1-13-16-5-3-4-6-17(16)19(24)22-18(13)20(25)23(2)12-11-14-7-9-15(21)10-8-14/h3-10H,11-12H2,1-2H3,(H,22,24). The Morgan fingerprint density at radius 2 is 1.72 bits per heavy atom. The third-order valence-electron chi connectivity index (χ3n) is 4.40. The van der Waals surface area contributed by atoms with Gasteiger partial charge in [-0.3, -0.25) is 9.59 Å². The second kappa shape index (κ2) is 7.11. The minimum atomic E-state index is -0.240. The molecule has 3 aromatic rings. The number of pyridine rings is 1. The van der Waals surface area contributed by atoms with E-state index in [4.69, 9.17) is 11.6 Å². The summed E-state index contributed by atoms with van der Waals surface area (Å²) in [5.41, 5.74) is 2.00. The van der Waals surface area contributed by atoms with E-state index in [1.807, 2.05) is 49.4 Å². The number of nitrogens with zero attached hydrogens (tertiary/aromatic N) is 1. The quantitative estimate of drug-likeness (QED) is 0.774. The highest BCUT2D eigenvalue weighted by Crippen LogP contribution is 2.18. The molecule has 0 saturated heterocycles. The molecule has 0 saturated carbocycles. The molecule has 1 amide bonds. The second-order valence-corrected chi connectivity index (χ2v) is 6.54. The summed E-state index contributed by atoms with van der Waals surface area (Å²) in [6, 6.07) is 14.9. The lowest BCUT2D eigenvalue weighted by Crippen LogP contribution is -2.31. The molecule has 0 aliphatic carbocycles. The molecule has 3 rings (SSSR count). The van der Waals surface area contributed by atoms with Crippen LogP contribution >= 0.6 is 11.6 Å². The molecule has 128 valence electrons. The van der Waals surface area contributed by atoms with Crippen LogP contribution in [0.25, 0.3) is 10.8 Å². The van der Waals surface area contributed by atoms with Gasteiger partial charge in [0.2, 0.25) is 0 Å². The summed E-state index contributed by atoms with van der Waals surface area (Å²) in [4.78, 5) is 29.4. The first-order valence-electron chi connectivity index (χ1n) is 8.09. The predicted molar refractivity (Wildman–Crippen MR) is 101 cm³/mol. The van der Waals surface area contributed by atoms with E-state index in [1.165, 1.54) is 0 Å². The number of amides is 1. The van der Waals surface area contributed by atoms with Gasteiger partial charge in [-0.05, 0) is 48.1 Å². The zero-order valence-electron chi connectivity index (χ0n) is 14.2. The van der Waals surface area contributed by atoms with Gasteiger partial charge in [0.25, 0.3) is 11.5 Å². The van der Waals surface area contributed by atoms with Crippen molar-refractivity contribution in [3.63, 3.8) is 0 Å². The number of aryl methyl sites for hydroxylation is 1. The van der Waals surface area contributed by atoms with Crippen molar-refractivity contribution in [1.29, 1.82) is 0 Å². The molecule has 0 fully saturated rings. The van der Waals surface area contributed by atoms with Crippen molar-refractivity contribution in [2.75, 3.05) is 13.6 Å². The van der Waals surface area contributed by atoms with E-state index in [-0.39, 0.29) is 11.5 Å². The molecule has 1 aromatic heterocycles. The van der Waals surface area contributed by atoms with Gasteiger partial charge < -0.3 is 9.88 Å². The Morgan fingerprint density at radius 1 is 1.08 bits per heavy atom. The first-order chi connectivity index (χ1) is 12.0. The van der Waals surface area contributed by atoms with E-state index in [0.29, 0.717) is 22.6 Å². The number of hydrogen-bond donors (Lipinski definition) is 1. The fourth-order valence-electron chi connectivity index (χ4n) is 2.87. The zero-order valence-corrected chi connectivity index (χ0v) is 14.9. The summed E-state index contributed by atoms with van der Waals surface area (Å²) in [5.74, 6) is -0.186. The molecule has 1 heterocycles. The third kappa shape index (κ3) is 3.59. The van der Waals surface area contributed by atoms with Gasteiger partial charge in [-0.1, -0.05) is 41.9 Å². The molecule has 1 N–H and O–H groups in total. The van der Waals surface area contributed by atoms with E-state index >= 15 is 0 Å². The number of aromatic nitrogens is 1. The van der Waals surface area contributed by atoms with Crippen molar-refractivity contribution in [3.8, 4) is 0 Å². The molecule has 4 nitrogen and oxygen atoms in total. The molecule has 0 unspecified atom stereocenters. The molecule has 25 heavy (non-hydrogen) atoms. The molecular weight excluding hydrogens is 336 g/mol. The zero-order chi connectivity index (χ0) is 18.0. The number of halogens is 1. The van der Waals surface area contributed by atoms with Crippen LogP contribution in [0.1, 0.15) is 21.6 Å². The minimum absolute atomic E-state index is 0.186. The number of fused-ring (bicyclic) bond motifs is 1. The molecule has 0 radical (unpaired) electrons. The molecule has 0 aliphatic rings. The Morgan fingerprint density at radius 3 is 2.40 bits per heavy atom. The topological polar surface area (TPSA) is 53.2 Å². The van der Waals surface area contributed by atoms with Crippen molar-refractivity contribution in [1.82, 2.24) is 9.88 Å². The van der Waals surface area contributed by atoms with Crippen LogP contribution in [-0.2, 0) is 6.42 Å². The predicted octanol–water partition coefficient (Wildman–Crippen LogP) is 3.80. The second-order valence-electron chi connectivity index (χ2n) is 6.10. The van der Waals surface area contributed by atoms with Gasteiger partial charge in [-0.2, -0.15) is 0 Å². The lowest BCUT2D eigenvalue weighted by atomic mass is 10.0. The van der Waals surface area contributed by atoms with Crippen LogP contribution in [0.2, 0.25) is 5.02 Å². The van der Waals surface area contributed by atoms with Crippen LogP contribution in [-0.4, -0.2) is 29.4 Å². The summed E-state index contributed by atoms with van der Waals surface area (Å²) in [5, 5.41) is 2.10. The van der Waals surface area contributed by atoms with Gasteiger partial charge in [0.05, 0.1) is 0 Å². The number of benzene rings is 2. The van der Waals surface area contributed by atoms with Crippen molar-refractivity contribution in [2.45, 2.75) is 13.3 Å². The number of carbonyl (C=O) groups excluding carboxylic acids is 1. The summed E-state index contributed by atoms with van der Waals surface area (Å²) in [7, 11) is 1.74. The van der Waals surface area contributed by atoms with Gasteiger partial charge in [-0.25, -0.2) is 0 Å². The van der Waals surface area contributed by atoms with Gasteiger partial charge in [0, 0.05) is 24.0 Å². The fraction of sp³-hybridized carbons (Fsp3) is 0.200. The van der Waals surface area contributed by atoms with Crippen molar-refractivity contribution in [2.24, 2.45) is 0 Å². The number of likely N-dealkylation sites (N-methyl/N-ethyl adjacent to an activating group) is 1. The van der Waals surface area contributed by atoms with Gasteiger partial charge in [-0.15, -0.1) is 0 Å². The number of carbonyl (C=O) groups is 1.